The van der Waals surface area contributed by atoms with Crippen molar-refractivity contribution in [3.05, 3.63) is 12.2 Å². The Morgan fingerprint density at radius 3 is 1.84 bits per heavy atom. The number of aliphatic hydroxyl groups excluding tert-OH is 2. The molecular weight excluding hydrogens is 236 g/mol. The fourth-order valence-corrected chi connectivity index (χ4v) is 2.20. The normalized spacial score (nSPS) is 13.2. The zero-order valence-electron chi connectivity index (χ0n) is 12.8. The lowest BCUT2D eigenvalue weighted by Gasteiger charge is -2.02. The third kappa shape index (κ3) is 15.6. The molecule has 0 aliphatic heterocycles. The van der Waals surface area contributed by atoms with Crippen LogP contribution in [-0.2, 0) is 0 Å². The first-order valence-corrected chi connectivity index (χ1v) is 8.25. The average Bonchev–Trinajstić information content (AvgIpc) is 2.43. The summed E-state index contributed by atoms with van der Waals surface area (Å²) >= 11 is 0. The quantitative estimate of drug-likeness (QED) is 0.358. The number of unbranched alkanes of at least 4 members (excludes halogenated alkanes) is 10. The van der Waals surface area contributed by atoms with Gasteiger partial charge in [0.25, 0.3) is 0 Å². The van der Waals surface area contributed by atoms with Gasteiger partial charge in [-0.2, -0.15) is 0 Å². The maximum absolute atomic E-state index is 9.13. The summed E-state index contributed by atoms with van der Waals surface area (Å²) in [4.78, 5) is 0. The molecule has 0 fully saturated rings. The maximum atomic E-state index is 9.13. The Hall–Kier alpha value is -0.340. The monoisotopic (exact) mass is 270 g/mol. The number of hydrogen-bond acceptors (Lipinski definition) is 2. The molecule has 0 aromatic heterocycles. The number of allylic oxidation sites excluding steroid dienone is 1. The molecule has 0 aromatic carbocycles. The first-order chi connectivity index (χ1) is 9.31. The molecule has 19 heavy (non-hydrogen) atoms. The van der Waals surface area contributed by atoms with Crippen molar-refractivity contribution in [3.8, 4) is 0 Å². The standard InChI is InChI=1S/C17H34O2/c1-2-3-4-5-6-7-8-9-10-11-12-13-14-15-17(19)16-18/h13-14,17-19H,2-12,15-16H2,1H3/b14-13-. The Bertz CT molecular complexity index is 190. The third-order valence-electron chi connectivity index (χ3n) is 3.51. The van der Waals surface area contributed by atoms with Gasteiger partial charge < -0.3 is 10.2 Å². The lowest BCUT2D eigenvalue weighted by Crippen LogP contribution is -2.09. The van der Waals surface area contributed by atoms with Crippen LogP contribution in [0, 0.1) is 0 Å². The van der Waals surface area contributed by atoms with Crippen LogP contribution in [0.2, 0.25) is 0 Å². The Morgan fingerprint density at radius 2 is 1.32 bits per heavy atom. The maximum Gasteiger partial charge on any atom is 0.0805 e. The van der Waals surface area contributed by atoms with Crippen LogP contribution in [0.25, 0.3) is 0 Å². The van der Waals surface area contributed by atoms with Crippen LogP contribution in [0.5, 0.6) is 0 Å². The minimum atomic E-state index is -0.580. The second-order valence-electron chi connectivity index (χ2n) is 5.51. The molecule has 0 aliphatic carbocycles. The van der Waals surface area contributed by atoms with E-state index < -0.39 is 6.10 Å². The fourth-order valence-electron chi connectivity index (χ4n) is 2.20. The Morgan fingerprint density at radius 1 is 0.789 bits per heavy atom. The van der Waals surface area contributed by atoms with E-state index in [0.717, 1.165) is 6.42 Å². The van der Waals surface area contributed by atoms with Crippen LogP contribution in [0.3, 0.4) is 0 Å². The summed E-state index contributed by atoms with van der Waals surface area (Å²) in [6, 6.07) is 0. The molecule has 0 aliphatic rings. The molecule has 0 aromatic rings. The molecule has 0 spiro atoms. The van der Waals surface area contributed by atoms with E-state index in [2.05, 4.69) is 13.0 Å². The molecule has 0 bridgehead atoms. The van der Waals surface area contributed by atoms with E-state index in [4.69, 9.17) is 10.2 Å². The molecule has 0 saturated carbocycles. The SMILES string of the molecule is CCCCCCCCCCCC/C=C\CC(O)CO. The molecular formula is C17H34O2. The van der Waals surface area contributed by atoms with Crippen molar-refractivity contribution >= 4 is 0 Å². The van der Waals surface area contributed by atoms with Gasteiger partial charge in [-0.1, -0.05) is 76.9 Å². The number of aliphatic hydroxyl groups is 2. The number of rotatable bonds is 14. The molecule has 2 heteroatoms. The Labute approximate surface area is 119 Å². The summed E-state index contributed by atoms with van der Waals surface area (Å²) in [7, 11) is 0. The van der Waals surface area contributed by atoms with Crippen molar-refractivity contribution in [2.75, 3.05) is 6.61 Å². The van der Waals surface area contributed by atoms with Gasteiger partial charge in [-0.3, -0.25) is 0 Å². The summed E-state index contributed by atoms with van der Waals surface area (Å²) in [5.74, 6) is 0. The highest BCUT2D eigenvalue weighted by molar-refractivity contribution is 4.83. The molecule has 2 N–H and O–H groups in total. The second kappa shape index (κ2) is 15.7. The summed E-state index contributed by atoms with van der Waals surface area (Å²) in [6.07, 6.45) is 18.9. The van der Waals surface area contributed by atoms with Crippen molar-refractivity contribution in [2.24, 2.45) is 0 Å². The van der Waals surface area contributed by atoms with Gasteiger partial charge in [-0.25, -0.2) is 0 Å². The average molecular weight is 270 g/mol. The molecule has 2 nitrogen and oxygen atoms in total. The molecule has 0 radical (unpaired) electrons. The zero-order chi connectivity index (χ0) is 14.2. The van der Waals surface area contributed by atoms with Crippen molar-refractivity contribution < 1.29 is 10.2 Å². The topological polar surface area (TPSA) is 40.5 Å². The van der Waals surface area contributed by atoms with E-state index in [1.54, 1.807) is 0 Å². The molecule has 0 amide bonds. The smallest absolute Gasteiger partial charge is 0.0805 e. The highest BCUT2D eigenvalue weighted by atomic mass is 16.3. The molecule has 1 unspecified atom stereocenters. The lowest BCUT2D eigenvalue weighted by atomic mass is 10.1. The summed E-state index contributed by atoms with van der Waals surface area (Å²) in [5, 5.41) is 17.8. The van der Waals surface area contributed by atoms with Crippen LogP contribution >= 0.6 is 0 Å². The number of hydrogen-bond donors (Lipinski definition) is 2. The third-order valence-corrected chi connectivity index (χ3v) is 3.51. The Balaban J connectivity index is 3.06. The largest absolute Gasteiger partial charge is 0.394 e. The van der Waals surface area contributed by atoms with Crippen LogP contribution in [0.15, 0.2) is 12.2 Å². The van der Waals surface area contributed by atoms with E-state index in [9.17, 15) is 0 Å². The van der Waals surface area contributed by atoms with Gasteiger partial charge in [0.15, 0.2) is 0 Å². The lowest BCUT2D eigenvalue weighted by molar-refractivity contribution is 0.0975. The van der Waals surface area contributed by atoms with Gasteiger partial charge in [0.2, 0.25) is 0 Å². The molecule has 0 saturated heterocycles. The van der Waals surface area contributed by atoms with Gasteiger partial charge in [-0.05, 0) is 19.3 Å². The fraction of sp³-hybridized carbons (Fsp3) is 0.882. The molecule has 1 atom stereocenters. The molecule has 0 rings (SSSR count). The Kier molecular flexibility index (Phi) is 15.4. The predicted molar refractivity (Wildman–Crippen MR) is 83.3 cm³/mol. The van der Waals surface area contributed by atoms with Crippen molar-refractivity contribution in [1.29, 1.82) is 0 Å². The van der Waals surface area contributed by atoms with Gasteiger partial charge in [0, 0.05) is 0 Å². The first-order valence-electron chi connectivity index (χ1n) is 8.25. The van der Waals surface area contributed by atoms with Gasteiger partial charge >= 0.3 is 0 Å². The zero-order valence-corrected chi connectivity index (χ0v) is 12.8. The van der Waals surface area contributed by atoms with Crippen molar-refractivity contribution in [2.45, 2.75) is 90.1 Å². The van der Waals surface area contributed by atoms with Crippen LogP contribution in [0.1, 0.15) is 84.0 Å². The van der Waals surface area contributed by atoms with Gasteiger partial charge in [0.05, 0.1) is 12.7 Å². The highest BCUT2D eigenvalue weighted by Crippen LogP contribution is 2.11. The van der Waals surface area contributed by atoms with Crippen LogP contribution < -0.4 is 0 Å². The summed E-state index contributed by atoms with van der Waals surface area (Å²) in [6.45, 7) is 2.13. The summed E-state index contributed by atoms with van der Waals surface area (Å²) in [5.41, 5.74) is 0. The van der Waals surface area contributed by atoms with E-state index in [1.165, 1.54) is 64.2 Å². The first kappa shape index (κ1) is 18.7. The van der Waals surface area contributed by atoms with Crippen LogP contribution in [-0.4, -0.2) is 22.9 Å². The van der Waals surface area contributed by atoms with E-state index in [-0.39, 0.29) is 6.61 Å². The van der Waals surface area contributed by atoms with Crippen LogP contribution in [0.4, 0.5) is 0 Å². The van der Waals surface area contributed by atoms with Crippen molar-refractivity contribution in [3.63, 3.8) is 0 Å². The van der Waals surface area contributed by atoms with Crippen molar-refractivity contribution in [1.82, 2.24) is 0 Å². The minimum Gasteiger partial charge on any atom is -0.394 e. The van der Waals surface area contributed by atoms with E-state index in [0.29, 0.717) is 6.42 Å². The van der Waals surface area contributed by atoms with E-state index in [1.807, 2.05) is 6.08 Å². The van der Waals surface area contributed by atoms with Gasteiger partial charge in [-0.15, -0.1) is 0 Å². The van der Waals surface area contributed by atoms with E-state index >= 15 is 0 Å². The second-order valence-corrected chi connectivity index (χ2v) is 5.51. The summed E-state index contributed by atoms with van der Waals surface area (Å²) < 4.78 is 0. The van der Waals surface area contributed by atoms with Gasteiger partial charge in [0.1, 0.15) is 0 Å². The predicted octanol–water partition coefficient (Wildman–Crippen LogP) is 4.60. The minimum absolute atomic E-state index is 0.136. The molecule has 114 valence electrons. The highest BCUT2D eigenvalue weighted by Gasteiger charge is 1.96. The molecule has 0 heterocycles.